The number of hydrogen-bond donors (Lipinski definition) is 3. The zero-order valence-corrected chi connectivity index (χ0v) is 16.2. The number of amides is 2. The lowest BCUT2D eigenvalue weighted by Crippen LogP contribution is -2.36. The van der Waals surface area contributed by atoms with Crippen molar-refractivity contribution >= 4 is 22.4 Å². The SMILES string of the molecule is CS(O)(O)c1cccc(CN2Cc3ccc(CNC(=O)C(F)(F)F)cc3C2=O)c1. The number of carbonyl (C=O) groups excluding carboxylic acids is 2. The first-order chi connectivity index (χ1) is 13.4. The summed E-state index contributed by atoms with van der Waals surface area (Å²) in [6.45, 7) is 0.238. The van der Waals surface area contributed by atoms with E-state index in [9.17, 15) is 31.9 Å². The first kappa shape index (κ1) is 21.2. The molecule has 0 bridgehead atoms. The molecule has 0 saturated heterocycles. The van der Waals surface area contributed by atoms with Crippen LogP contribution in [0.3, 0.4) is 0 Å². The van der Waals surface area contributed by atoms with Gasteiger partial charge in [-0.05, 0) is 34.9 Å². The van der Waals surface area contributed by atoms with Gasteiger partial charge in [0.25, 0.3) is 5.91 Å². The number of rotatable bonds is 5. The van der Waals surface area contributed by atoms with Gasteiger partial charge in [0.1, 0.15) is 0 Å². The lowest BCUT2D eigenvalue weighted by atomic mass is 10.1. The average Bonchev–Trinajstić information content (AvgIpc) is 2.94. The molecule has 0 radical (unpaired) electrons. The third kappa shape index (κ3) is 4.89. The quantitative estimate of drug-likeness (QED) is 0.677. The molecule has 10 heteroatoms. The first-order valence-electron chi connectivity index (χ1n) is 8.53. The van der Waals surface area contributed by atoms with Crippen molar-refractivity contribution in [1.82, 2.24) is 10.2 Å². The van der Waals surface area contributed by atoms with Crippen LogP contribution in [-0.4, -0.2) is 38.3 Å². The van der Waals surface area contributed by atoms with Crippen LogP contribution in [0.1, 0.15) is 27.0 Å². The van der Waals surface area contributed by atoms with Crippen molar-refractivity contribution in [3.63, 3.8) is 0 Å². The van der Waals surface area contributed by atoms with E-state index in [1.807, 2.05) is 0 Å². The largest absolute Gasteiger partial charge is 0.471 e. The fraction of sp³-hybridized carbons (Fsp3) is 0.263. The fourth-order valence-electron chi connectivity index (χ4n) is 3.03. The summed E-state index contributed by atoms with van der Waals surface area (Å²) >= 11 is 0. The van der Waals surface area contributed by atoms with E-state index in [1.165, 1.54) is 12.3 Å². The van der Waals surface area contributed by atoms with Crippen LogP contribution in [0.4, 0.5) is 13.2 Å². The molecule has 156 valence electrons. The molecule has 1 aliphatic rings. The molecule has 0 aromatic heterocycles. The van der Waals surface area contributed by atoms with E-state index in [2.05, 4.69) is 0 Å². The number of alkyl halides is 3. The minimum Gasteiger partial charge on any atom is -0.344 e. The number of nitrogens with one attached hydrogen (secondary N) is 1. The molecule has 1 heterocycles. The highest BCUT2D eigenvalue weighted by Crippen LogP contribution is 2.44. The van der Waals surface area contributed by atoms with Crippen molar-refractivity contribution in [3.8, 4) is 0 Å². The maximum absolute atomic E-state index is 12.7. The van der Waals surface area contributed by atoms with Gasteiger partial charge < -0.3 is 10.2 Å². The molecule has 3 rings (SSSR count). The van der Waals surface area contributed by atoms with E-state index in [0.29, 0.717) is 22.6 Å². The number of fused-ring (bicyclic) bond motifs is 1. The molecule has 2 aromatic rings. The van der Waals surface area contributed by atoms with Crippen LogP contribution in [-0.2, 0) is 24.4 Å². The van der Waals surface area contributed by atoms with Crippen molar-refractivity contribution < 1.29 is 31.9 Å². The molecule has 2 amide bonds. The first-order valence-corrected chi connectivity index (χ1v) is 10.5. The molecular formula is C19H19F3N2O4S. The molecule has 0 unspecified atom stereocenters. The Morgan fingerprint density at radius 2 is 1.90 bits per heavy atom. The Morgan fingerprint density at radius 3 is 2.55 bits per heavy atom. The predicted molar refractivity (Wildman–Crippen MR) is 101 cm³/mol. The topological polar surface area (TPSA) is 89.9 Å². The summed E-state index contributed by atoms with van der Waals surface area (Å²) in [5, 5.41) is 1.78. The van der Waals surface area contributed by atoms with Gasteiger partial charge in [0, 0.05) is 31.5 Å². The zero-order chi connectivity index (χ0) is 21.4. The van der Waals surface area contributed by atoms with Gasteiger partial charge in [-0.25, -0.2) is 0 Å². The number of carbonyl (C=O) groups is 2. The Balaban J connectivity index is 1.71. The second-order valence-corrected chi connectivity index (χ2v) is 8.95. The molecule has 0 saturated carbocycles. The molecule has 2 aromatic carbocycles. The third-order valence-corrected chi connectivity index (χ3v) is 5.63. The van der Waals surface area contributed by atoms with Crippen LogP contribution < -0.4 is 5.32 Å². The fourth-order valence-corrected chi connectivity index (χ4v) is 3.74. The summed E-state index contributed by atoms with van der Waals surface area (Å²) in [7, 11) is -2.87. The van der Waals surface area contributed by atoms with E-state index in [0.717, 1.165) is 11.1 Å². The van der Waals surface area contributed by atoms with Crippen LogP contribution in [0.25, 0.3) is 0 Å². The summed E-state index contributed by atoms with van der Waals surface area (Å²) < 4.78 is 56.5. The Labute approximate surface area is 166 Å². The highest BCUT2D eigenvalue weighted by molar-refractivity contribution is 8.23. The van der Waals surface area contributed by atoms with Crippen LogP contribution >= 0.6 is 10.6 Å². The number of halogens is 3. The monoisotopic (exact) mass is 428 g/mol. The molecule has 0 atom stereocenters. The standard InChI is InChI=1S/C19H19F3N2O4S/c1-29(27,28)15-4-2-3-13(7-15)10-24-11-14-6-5-12(8-16(14)17(24)25)9-23-18(26)19(20,21)22/h2-8,27-28H,9-11H2,1H3,(H,23,26). The molecular weight excluding hydrogens is 409 g/mol. The van der Waals surface area contributed by atoms with Crippen LogP contribution in [0, 0.1) is 0 Å². The Morgan fingerprint density at radius 1 is 1.17 bits per heavy atom. The lowest BCUT2D eigenvalue weighted by Gasteiger charge is -2.27. The molecule has 1 aliphatic heterocycles. The zero-order valence-electron chi connectivity index (χ0n) is 15.4. The smallest absolute Gasteiger partial charge is 0.344 e. The summed E-state index contributed by atoms with van der Waals surface area (Å²) in [5.41, 5.74) is 2.22. The highest BCUT2D eigenvalue weighted by Gasteiger charge is 2.38. The Hall–Kier alpha value is -2.56. The van der Waals surface area contributed by atoms with E-state index in [1.54, 1.807) is 46.6 Å². The van der Waals surface area contributed by atoms with Gasteiger partial charge in [0.05, 0.1) is 4.90 Å². The summed E-state index contributed by atoms with van der Waals surface area (Å²) in [4.78, 5) is 25.6. The summed E-state index contributed by atoms with van der Waals surface area (Å²) in [6, 6.07) is 11.4. The Bertz CT molecular complexity index is 957. The molecule has 0 aliphatic carbocycles. The van der Waals surface area contributed by atoms with E-state index in [-0.39, 0.29) is 19.0 Å². The number of hydrogen-bond acceptors (Lipinski definition) is 4. The molecule has 0 fully saturated rings. The van der Waals surface area contributed by atoms with Gasteiger partial charge in [-0.2, -0.15) is 23.8 Å². The number of benzene rings is 2. The van der Waals surface area contributed by atoms with Crippen molar-refractivity contribution in [2.24, 2.45) is 0 Å². The molecule has 0 spiro atoms. The van der Waals surface area contributed by atoms with Crippen LogP contribution in [0.5, 0.6) is 0 Å². The van der Waals surface area contributed by atoms with E-state index < -0.39 is 22.7 Å². The Kier molecular flexibility index (Phi) is 5.61. The van der Waals surface area contributed by atoms with Crippen molar-refractivity contribution in [2.45, 2.75) is 30.7 Å². The maximum Gasteiger partial charge on any atom is 0.471 e. The van der Waals surface area contributed by atoms with Crippen molar-refractivity contribution in [2.75, 3.05) is 6.26 Å². The van der Waals surface area contributed by atoms with Gasteiger partial charge in [-0.15, -0.1) is 0 Å². The summed E-state index contributed by atoms with van der Waals surface area (Å²) in [6.07, 6.45) is -3.64. The summed E-state index contributed by atoms with van der Waals surface area (Å²) in [5.74, 6) is -2.31. The normalized spacial score (nSPS) is 14.7. The van der Waals surface area contributed by atoms with Gasteiger partial charge in [-0.3, -0.25) is 18.7 Å². The molecule has 29 heavy (non-hydrogen) atoms. The molecule has 6 nitrogen and oxygen atoms in total. The van der Waals surface area contributed by atoms with Gasteiger partial charge >= 0.3 is 12.1 Å². The van der Waals surface area contributed by atoms with Crippen LogP contribution in [0.15, 0.2) is 47.4 Å². The minimum atomic E-state index is -4.96. The van der Waals surface area contributed by atoms with E-state index in [4.69, 9.17) is 0 Å². The maximum atomic E-state index is 12.7. The van der Waals surface area contributed by atoms with Crippen molar-refractivity contribution in [1.29, 1.82) is 0 Å². The highest BCUT2D eigenvalue weighted by atomic mass is 32.3. The second kappa shape index (κ2) is 7.69. The number of nitrogens with zero attached hydrogens (tertiary/aromatic N) is 1. The minimum absolute atomic E-state index is 0.247. The second-order valence-electron chi connectivity index (χ2n) is 6.81. The van der Waals surface area contributed by atoms with E-state index >= 15 is 0 Å². The average molecular weight is 428 g/mol. The third-order valence-electron chi connectivity index (χ3n) is 4.48. The molecule has 3 N–H and O–H groups in total. The van der Waals surface area contributed by atoms with Gasteiger partial charge in [0.15, 0.2) is 0 Å². The van der Waals surface area contributed by atoms with Gasteiger partial charge in [-0.1, -0.05) is 24.3 Å². The van der Waals surface area contributed by atoms with Crippen molar-refractivity contribution in [3.05, 3.63) is 64.7 Å². The lowest BCUT2D eigenvalue weighted by molar-refractivity contribution is -0.173. The van der Waals surface area contributed by atoms with Gasteiger partial charge in [0.2, 0.25) is 0 Å². The van der Waals surface area contributed by atoms with Crippen LogP contribution in [0.2, 0.25) is 0 Å². The predicted octanol–water partition coefficient (Wildman–Crippen LogP) is 3.76.